The highest BCUT2D eigenvalue weighted by molar-refractivity contribution is 5.93. The Kier molecular flexibility index (Phi) is 6.96. The molecule has 2 saturated heterocycles. The van der Waals surface area contributed by atoms with Crippen LogP contribution in [0.5, 0.6) is 0 Å². The molecule has 2 aliphatic heterocycles. The number of amides is 1. The molecular weight excluding hydrogens is 434 g/mol. The zero-order chi connectivity index (χ0) is 23.3. The number of ether oxygens (including phenoxy) is 1. The van der Waals surface area contributed by atoms with Gasteiger partial charge in [0.15, 0.2) is 11.6 Å². The maximum atomic E-state index is 12.7. The molecule has 4 N–H and O–H groups in total. The van der Waals surface area contributed by atoms with Gasteiger partial charge in [0.25, 0.3) is 0 Å². The first kappa shape index (κ1) is 22.7. The normalized spacial score (nSPS) is 19.1. The Labute approximate surface area is 198 Å². The Hall–Kier alpha value is -3.11. The molecule has 4 heterocycles. The van der Waals surface area contributed by atoms with Gasteiger partial charge < -0.3 is 30.2 Å². The van der Waals surface area contributed by atoms with Crippen molar-refractivity contribution in [3.8, 4) is 22.8 Å². The molecule has 2 aromatic heterocycles. The number of furan rings is 1. The highest BCUT2D eigenvalue weighted by Gasteiger charge is 2.24. The molecule has 178 valence electrons. The van der Waals surface area contributed by atoms with Gasteiger partial charge in [0.05, 0.1) is 12.7 Å². The molecular formula is C25H29N5O4. The molecule has 0 bridgehead atoms. The predicted octanol–water partition coefficient (Wildman–Crippen LogP) is 2.49. The second-order valence-corrected chi connectivity index (χ2v) is 8.58. The molecule has 2 aliphatic rings. The Morgan fingerprint density at radius 2 is 2.03 bits per heavy atom. The van der Waals surface area contributed by atoms with E-state index in [2.05, 4.69) is 20.9 Å². The third-order valence-electron chi connectivity index (χ3n) is 6.24. The maximum Gasteiger partial charge on any atom is 0.227 e. The molecule has 0 saturated carbocycles. The molecule has 9 heteroatoms. The molecule has 0 spiro atoms. The maximum absolute atomic E-state index is 12.7. The zero-order valence-corrected chi connectivity index (χ0v) is 18.9. The molecule has 1 amide bonds. The number of nitrogens with zero attached hydrogens (tertiary/aromatic N) is 2. The van der Waals surface area contributed by atoms with Crippen LogP contribution in [-0.2, 0) is 16.1 Å². The van der Waals surface area contributed by atoms with Gasteiger partial charge in [-0.2, -0.15) is 0 Å². The largest absolute Gasteiger partial charge is 0.457 e. The van der Waals surface area contributed by atoms with Gasteiger partial charge >= 0.3 is 0 Å². The van der Waals surface area contributed by atoms with E-state index in [4.69, 9.17) is 14.1 Å². The number of morpholine rings is 1. The third kappa shape index (κ3) is 5.02. The average Bonchev–Trinajstić information content (AvgIpc) is 3.39. The minimum absolute atomic E-state index is 0.0239. The van der Waals surface area contributed by atoms with E-state index in [0.29, 0.717) is 36.2 Å². The SMILES string of the molecule is O=C(Nc1cccc(-c2ncc(C3CNCCO3)c(-c3ccc(CO)o3)n2)c1)C1CCNCC1. The molecule has 1 aromatic carbocycles. The van der Waals surface area contributed by atoms with E-state index in [1.54, 1.807) is 18.3 Å². The van der Waals surface area contributed by atoms with Crippen molar-refractivity contribution >= 4 is 11.6 Å². The Morgan fingerprint density at radius 1 is 1.15 bits per heavy atom. The van der Waals surface area contributed by atoms with E-state index >= 15 is 0 Å². The van der Waals surface area contributed by atoms with E-state index in [1.807, 2.05) is 24.3 Å². The minimum atomic E-state index is -0.198. The number of piperidine rings is 1. The minimum Gasteiger partial charge on any atom is -0.457 e. The van der Waals surface area contributed by atoms with Crippen molar-refractivity contribution in [1.29, 1.82) is 0 Å². The number of rotatable bonds is 6. The van der Waals surface area contributed by atoms with Crippen LogP contribution in [0.15, 0.2) is 47.0 Å². The summed E-state index contributed by atoms with van der Waals surface area (Å²) in [5.41, 5.74) is 2.95. The lowest BCUT2D eigenvalue weighted by molar-refractivity contribution is -0.120. The summed E-state index contributed by atoms with van der Waals surface area (Å²) in [6.07, 6.45) is 3.26. The Balaban J connectivity index is 1.44. The fourth-order valence-corrected chi connectivity index (χ4v) is 4.38. The number of aliphatic hydroxyl groups is 1. The van der Waals surface area contributed by atoms with E-state index < -0.39 is 0 Å². The van der Waals surface area contributed by atoms with Gasteiger partial charge in [-0.25, -0.2) is 9.97 Å². The monoisotopic (exact) mass is 463 g/mol. The lowest BCUT2D eigenvalue weighted by Gasteiger charge is -2.25. The van der Waals surface area contributed by atoms with Crippen molar-refractivity contribution < 1.29 is 19.1 Å². The van der Waals surface area contributed by atoms with E-state index in [0.717, 1.165) is 49.3 Å². The summed E-state index contributed by atoms with van der Waals surface area (Å²) in [6.45, 7) is 3.61. The molecule has 5 rings (SSSR count). The highest BCUT2D eigenvalue weighted by Crippen LogP contribution is 2.32. The number of aromatic nitrogens is 2. The predicted molar refractivity (Wildman–Crippen MR) is 127 cm³/mol. The van der Waals surface area contributed by atoms with Crippen molar-refractivity contribution in [1.82, 2.24) is 20.6 Å². The van der Waals surface area contributed by atoms with Crippen LogP contribution in [-0.4, -0.2) is 53.8 Å². The number of benzene rings is 1. The van der Waals surface area contributed by atoms with Crippen LogP contribution in [0.3, 0.4) is 0 Å². The molecule has 9 nitrogen and oxygen atoms in total. The Morgan fingerprint density at radius 3 is 2.79 bits per heavy atom. The number of carbonyl (C=O) groups excluding carboxylic acids is 1. The fraction of sp³-hybridized carbons (Fsp3) is 0.400. The van der Waals surface area contributed by atoms with Crippen LogP contribution >= 0.6 is 0 Å². The summed E-state index contributed by atoms with van der Waals surface area (Å²) in [4.78, 5) is 22.1. The highest BCUT2D eigenvalue weighted by atomic mass is 16.5. The van der Waals surface area contributed by atoms with Crippen molar-refractivity contribution in [3.63, 3.8) is 0 Å². The third-order valence-corrected chi connectivity index (χ3v) is 6.24. The molecule has 3 aromatic rings. The summed E-state index contributed by atoms with van der Waals surface area (Å²) < 4.78 is 11.7. The summed E-state index contributed by atoms with van der Waals surface area (Å²) in [6, 6.07) is 11.1. The lowest BCUT2D eigenvalue weighted by atomic mass is 9.97. The second-order valence-electron chi connectivity index (χ2n) is 8.58. The van der Waals surface area contributed by atoms with Gasteiger partial charge in [-0.05, 0) is 50.2 Å². The van der Waals surface area contributed by atoms with E-state index in [1.165, 1.54) is 0 Å². The van der Waals surface area contributed by atoms with Crippen molar-refractivity contribution in [2.75, 3.05) is 38.1 Å². The first-order valence-corrected chi connectivity index (χ1v) is 11.7. The number of aliphatic hydroxyl groups excluding tert-OH is 1. The van der Waals surface area contributed by atoms with Crippen LogP contribution in [0.1, 0.15) is 30.3 Å². The van der Waals surface area contributed by atoms with Crippen LogP contribution in [0.4, 0.5) is 5.69 Å². The van der Waals surface area contributed by atoms with Gasteiger partial charge in [-0.1, -0.05) is 12.1 Å². The summed E-state index contributed by atoms with van der Waals surface area (Å²) in [7, 11) is 0. The number of nitrogens with one attached hydrogen (secondary N) is 3. The number of anilines is 1. The van der Waals surface area contributed by atoms with Crippen molar-refractivity contribution in [2.24, 2.45) is 5.92 Å². The van der Waals surface area contributed by atoms with E-state index in [-0.39, 0.29) is 24.5 Å². The standard InChI is InChI=1S/C25H29N5O4/c31-15-19-4-5-21(34-19)23-20(22-14-27-10-11-33-22)13-28-24(30-23)17-2-1-3-18(12-17)29-25(32)16-6-8-26-9-7-16/h1-5,12-13,16,22,26-27,31H,6-11,14-15H2,(H,29,32). The summed E-state index contributed by atoms with van der Waals surface area (Å²) >= 11 is 0. The van der Waals surface area contributed by atoms with Gasteiger partial charge in [-0.15, -0.1) is 0 Å². The van der Waals surface area contributed by atoms with Gasteiger partial charge in [0.2, 0.25) is 5.91 Å². The van der Waals surface area contributed by atoms with Crippen LogP contribution < -0.4 is 16.0 Å². The molecule has 2 fully saturated rings. The number of hydrogen-bond acceptors (Lipinski definition) is 8. The quantitative estimate of drug-likeness (QED) is 0.440. The summed E-state index contributed by atoms with van der Waals surface area (Å²) in [5.74, 6) is 1.60. The first-order valence-electron chi connectivity index (χ1n) is 11.7. The molecule has 34 heavy (non-hydrogen) atoms. The first-order chi connectivity index (χ1) is 16.7. The van der Waals surface area contributed by atoms with E-state index in [9.17, 15) is 9.90 Å². The number of carbonyl (C=O) groups is 1. The fourth-order valence-electron chi connectivity index (χ4n) is 4.38. The van der Waals surface area contributed by atoms with Crippen LogP contribution in [0.2, 0.25) is 0 Å². The topological polar surface area (TPSA) is 122 Å². The van der Waals surface area contributed by atoms with Gasteiger partial charge in [0, 0.05) is 42.0 Å². The smallest absolute Gasteiger partial charge is 0.227 e. The van der Waals surface area contributed by atoms with Gasteiger partial charge in [-0.3, -0.25) is 4.79 Å². The number of hydrogen-bond donors (Lipinski definition) is 4. The summed E-state index contributed by atoms with van der Waals surface area (Å²) in [5, 5.41) is 19.1. The van der Waals surface area contributed by atoms with Crippen LogP contribution in [0.25, 0.3) is 22.8 Å². The molecule has 0 aliphatic carbocycles. The second kappa shape index (κ2) is 10.4. The molecule has 1 atom stereocenters. The Bertz CT molecular complexity index is 1140. The molecule has 1 unspecified atom stereocenters. The average molecular weight is 464 g/mol. The van der Waals surface area contributed by atoms with Crippen molar-refractivity contribution in [2.45, 2.75) is 25.6 Å². The van der Waals surface area contributed by atoms with Crippen molar-refractivity contribution in [3.05, 3.63) is 53.9 Å². The van der Waals surface area contributed by atoms with Crippen LogP contribution in [0, 0.1) is 5.92 Å². The lowest BCUT2D eigenvalue weighted by Crippen LogP contribution is -2.34. The zero-order valence-electron chi connectivity index (χ0n) is 18.9. The molecule has 0 radical (unpaired) electrons. The van der Waals surface area contributed by atoms with Gasteiger partial charge in [0.1, 0.15) is 18.1 Å².